The monoisotopic (exact) mass is 271 g/mol. The molecule has 3 aliphatic rings. The number of rotatable bonds is 2. The first kappa shape index (κ1) is 12.2. The second-order valence-electron chi connectivity index (χ2n) is 6.37. The molecule has 3 heteroatoms. The third kappa shape index (κ3) is 2.00. The van der Waals surface area contributed by atoms with Crippen LogP contribution in [0, 0.1) is 17.8 Å². The van der Waals surface area contributed by atoms with Gasteiger partial charge in [0.05, 0.1) is 12.6 Å². The number of nitrogens with one attached hydrogen (secondary N) is 1. The molecular weight excluding hydrogens is 250 g/mol. The molecule has 2 saturated carbocycles. The molecule has 0 bridgehead atoms. The van der Waals surface area contributed by atoms with E-state index in [0.29, 0.717) is 24.4 Å². The van der Waals surface area contributed by atoms with E-state index in [-0.39, 0.29) is 11.9 Å². The summed E-state index contributed by atoms with van der Waals surface area (Å²) < 4.78 is 5.65. The summed E-state index contributed by atoms with van der Waals surface area (Å²) in [5, 5.41) is 3.27. The van der Waals surface area contributed by atoms with Gasteiger partial charge in [0.15, 0.2) is 0 Å². The van der Waals surface area contributed by atoms with Crippen LogP contribution in [-0.2, 0) is 4.79 Å². The van der Waals surface area contributed by atoms with Crippen molar-refractivity contribution in [2.45, 2.75) is 38.1 Å². The molecule has 20 heavy (non-hydrogen) atoms. The van der Waals surface area contributed by atoms with Gasteiger partial charge < -0.3 is 10.1 Å². The highest BCUT2D eigenvalue weighted by atomic mass is 16.5. The summed E-state index contributed by atoms with van der Waals surface area (Å²) in [6.45, 7) is 0.694. The number of carbonyl (C=O) groups excluding carboxylic acids is 1. The van der Waals surface area contributed by atoms with Crippen molar-refractivity contribution in [3.63, 3.8) is 0 Å². The maximum Gasteiger partial charge on any atom is 0.224 e. The van der Waals surface area contributed by atoms with E-state index in [1.165, 1.54) is 25.7 Å². The average Bonchev–Trinajstić information content (AvgIpc) is 3.22. The van der Waals surface area contributed by atoms with Gasteiger partial charge in [0, 0.05) is 17.9 Å². The van der Waals surface area contributed by atoms with Gasteiger partial charge in [-0.1, -0.05) is 31.0 Å². The molecule has 1 N–H and O–H groups in total. The Labute approximate surface area is 119 Å². The van der Waals surface area contributed by atoms with Crippen LogP contribution >= 0.6 is 0 Å². The maximum absolute atomic E-state index is 12.5. The number of hydrogen-bond donors (Lipinski definition) is 1. The van der Waals surface area contributed by atoms with Crippen molar-refractivity contribution in [2.75, 3.05) is 6.61 Å². The molecule has 4 rings (SSSR count). The smallest absolute Gasteiger partial charge is 0.224 e. The molecule has 2 fully saturated rings. The van der Waals surface area contributed by atoms with Gasteiger partial charge in [-0.15, -0.1) is 0 Å². The lowest BCUT2D eigenvalue weighted by Crippen LogP contribution is -2.33. The van der Waals surface area contributed by atoms with Crippen molar-refractivity contribution in [2.24, 2.45) is 17.8 Å². The fourth-order valence-electron chi connectivity index (χ4n) is 4.14. The highest BCUT2D eigenvalue weighted by Gasteiger charge is 2.54. The molecular formula is C17H21NO2. The Bertz CT molecular complexity index is 515. The van der Waals surface area contributed by atoms with E-state index in [1.807, 2.05) is 18.2 Å². The van der Waals surface area contributed by atoms with Gasteiger partial charge in [-0.3, -0.25) is 4.79 Å². The van der Waals surface area contributed by atoms with Crippen LogP contribution in [0.5, 0.6) is 5.75 Å². The molecule has 0 aromatic heterocycles. The lowest BCUT2D eigenvalue weighted by atomic mass is 10.0. The highest BCUT2D eigenvalue weighted by Crippen LogP contribution is 2.55. The van der Waals surface area contributed by atoms with E-state index in [9.17, 15) is 4.79 Å². The van der Waals surface area contributed by atoms with Crippen LogP contribution in [0.1, 0.15) is 43.7 Å². The van der Waals surface area contributed by atoms with Gasteiger partial charge in [-0.25, -0.2) is 0 Å². The minimum atomic E-state index is 0.134. The van der Waals surface area contributed by atoms with E-state index in [2.05, 4.69) is 11.4 Å². The van der Waals surface area contributed by atoms with Crippen LogP contribution in [-0.4, -0.2) is 12.5 Å². The van der Waals surface area contributed by atoms with E-state index >= 15 is 0 Å². The molecule has 2 aliphatic carbocycles. The zero-order valence-corrected chi connectivity index (χ0v) is 11.7. The summed E-state index contributed by atoms with van der Waals surface area (Å²) in [5.74, 6) is 2.87. The molecule has 1 amide bonds. The Morgan fingerprint density at radius 2 is 1.85 bits per heavy atom. The standard InChI is InChI=1S/C17H21NO2/c19-17(16-11-5-1-2-6-12(11)16)18-14-9-10-20-15-8-4-3-7-13(14)15/h3-4,7-8,11-12,14,16H,1-2,5-6,9-10H2,(H,18,19)/t11-,12-,14+/m0/s1. The van der Waals surface area contributed by atoms with E-state index in [1.54, 1.807) is 0 Å². The quantitative estimate of drug-likeness (QED) is 0.897. The predicted octanol–water partition coefficient (Wildman–Crippen LogP) is 3.06. The van der Waals surface area contributed by atoms with Crippen molar-refractivity contribution in [3.8, 4) is 5.75 Å². The van der Waals surface area contributed by atoms with Crippen LogP contribution in [0.3, 0.4) is 0 Å². The third-order valence-electron chi connectivity index (χ3n) is 5.23. The average molecular weight is 271 g/mol. The number of fused-ring (bicyclic) bond motifs is 2. The minimum absolute atomic E-state index is 0.134. The minimum Gasteiger partial charge on any atom is -0.493 e. The van der Waals surface area contributed by atoms with E-state index in [0.717, 1.165) is 17.7 Å². The molecule has 106 valence electrons. The molecule has 3 atom stereocenters. The number of para-hydroxylation sites is 1. The number of carbonyl (C=O) groups is 1. The SMILES string of the molecule is O=C(N[C@@H]1CCOc2ccccc21)C1[C@H]2CCCC[C@H]12. The number of hydrogen-bond acceptors (Lipinski definition) is 2. The van der Waals surface area contributed by atoms with Gasteiger partial charge in [-0.2, -0.15) is 0 Å². The van der Waals surface area contributed by atoms with Crippen molar-refractivity contribution < 1.29 is 9.53 Å². The summed E-state index contributed by atoms with van der Waals surface area (Å²) in [4.78, 5) is 12.5. The van der Waals surface area contributed by atoms with E-state index < -0.39 is 0 Å². The van der Waals surface area contributed by atoms with Gasteiger partial charge in [-0.05, 0) is 30.7 Å². The fraction of sp³-hybridized carbons (Fsp3) is 0.588. The second kappa shape index (κ2) is 4.80. The molecule has 1 aromatic rings. The third-order valence-corrected chi connectivity index (χ3v) is 5.23. The first-order valence-electron chi connectivity index (χ1n) is 7.87. The van der Waals surface area contributed by atoms with Crippen LogP contribution in [0.25, 0.3) is 0 Å². The highest BCUT2D eigenvalue weighted by molar-refractivity contribution is 5.82. The van der Waals surface area contributed by atoms with Crippen molar-refractivity contribution >= 4 is 5.91 Å². The Balaban J connectivity index is 1.46. The summed E-state index contributed by atoms with van der Waals surface area (Å²) in [7, 11) is 0. The Morgan fingerprint density at radius 1 is 1.10 bits per heavy atom. The molecule has 1 aromatic carbocycles. The molecule has 0 saturated heterocycles. The van der Waals surface area contributed by atoms with Crippen molar-refractivity contribution in [1.29, 1.82) is 0 Å². The van der Waals surface area contributed by atoms with Crippen LogP contribution < -0.4 is 10.1 Å². The number of benzene rings is 1. The van der Waals surface area contributed by atoms with Gasteiger partial charge in [0.2, 0.25) is 5.91 Å². The first-order chi connectivity index (χ1) is 9.84. The van der Waals surface area contributed by atoms with Crippen LogP contribution in [0.15, 0.2) is 24.3 Å². The molecule has 0 radical (unpaired) electrons. The van der Waals surface area contributed by atoms with E-state index in [4.69, 9.17) is 4.74 Å². The Kier molecular flexibility index (Phi) is 2.94. The van der Waals surface area contributed by atoms with Gasteiger partial charge in [0.25, 0.3) is 0 Å². The second-order valence-corrected chi connectivity index (χ2v) is 6.37. The summed E-state index contributed by atoms with van der Waals surface area (Å²) in [6.07, 6.45) is 6.02. The topological polar surface area (TPSA) is 38.3 Å². The molecule has 3 nitrogen and oxygen atoms in total. The summed E-state index contributed by atoms with van der Waals surface area (Å²) in [6, 6.07) is 8.20. The number of ether oxygens (including phenoxy) is 1. The Hall–Kier alpha value is -1.51. The zero-order chi connectivity index (χ0) is 13.5. The largest absolute Gasteiger partial charge is 0.493 e. The van der Waals surface area contributed by atoms with Gasteiger partial charge in [0.1, 0.15) is 5.75 Å². The normalized spacial score (nSPS) is 34.4. The molecule has 0 spiro atoms. The van der Waals surface area contributed by atoms with Gasteiger partial charge >= 0.3 is 0 Å². The van der Waals surface area contributed by atoms with Crippen molar-refractivity contribution in [1.82, 2.24) is 5.32 Å². The lowest BCUT2D eigenvalue weighted by molar-refractivity contribution is -0.123. The number of amides is 1. The lowest BCUT2D eigenvalue weighted by Gasteiger charge is -2.26. The first-order valence-corrected chi connectivity index (χ1v) is 7.87. The Morgan fingerprint density at radius 3 is 2.65 bits per heavy atom. The molecule has 1 aliphatic heterocycles. The summed E-state index contributed by atoms with van der Waals surface area (Å²) >= 11 is 0. The predicted molar refractivity (Wildman–Crippen MR) is 76.4 cm³/mol. The van der Waals surface area contributed by atoms with Crippen LogP contribution in [0.4, 0.5) is 0 Å². The molecule has 0 unspecified atom stereocenters. The maximum atomic E-state index is 12.5. The molecule has 1 heterocycles. The zero-order valence-electron chi connectivity index (χ0n) is 11.7. The fourth-order valence-corrected chi connectivity index (χ4v) is 4.14. The summed E-state index contributed by atoms with van der Waals surface area (Å²) in [5.41, 5.74) is 1.13. The van der Waals surface area contributed by atoms with Crippen LogP contribution in [0.2, 0.25) is 0 Å². The van der Waals surface area contributed by atoms with Crippen molar-refractivity contribution in [3.05, 3.63) is 29.8 Å².